The lowest BCUT2D eigenvalue weighted by atomic mass is 10.1. The molecule has 1 aromatic carbocycles. The van der Waals surface area contributed by atoms with Gasteiger partial charge in [-0.1, -0.05) is 6.07 Å². The number of hydrogen-bond donors (Lipinski definition) is 1. The van der Waals surface area contributed by atoms with Crippen LogP contribution < -0.4 is 10.1 Å². The fourth-order valence-electron chi connectivity index (χ4n) is 2.36. The van der Waals surface area contributed by atoms with Crippen LogP contribution >= 0.6 is 0 Å². The number of nitrogens with one attached hydrogen (secondary N) is 1. The largest absolute Gasteiger partial charge is 0.484 e. The molecular weight excluding hydrogens is 283 g/mol. The highest BCUT2D eigenvalue weighted by atomic mass is 19.4. The van der Waals surface area contributed by atoms with Gasteiger partial charge in [0.15, 0.2) is 6.61 Å². The number of rotatable bonds is 6. The number of anilines is 1. The van der Waals surface area contributed by atoms with Crippen LogP contribution in [-0.2, 0) is 4.74 Å². The van der Waals surface area contributed by atoms with Gasteiger partial charge < -0.3 is 14.8 Å². The summed E-state index contributed by atoms with van der Waals surface area (Å²) in [6.07, 6.45) is -0.953. The Morgan fingerprint density at radius 2 is 2.19 bits per heavy atom. The fraction of sp³-hybridized carbons (Fsp3) is 0.600. The van der Waals surface area contributed by atoms with Gasteiger partial charge in [-0.05, 0) is 38.3 Å². The van der Waals surface area contributed by atoms with Gasteiger partial charge in [0.25, 0.3) is 0 Å². The molecule has 1 aliphatic rings. The number of alkyl halides is 3. The molecule has 1 fully saturated rings. The van der Waals surface area contributed by atoms with Gasteiger partial charge in [-0.15, -0.1) is 0 Å². The van der Waals surface area contributed by atoms with E-state index in [0.29, 0.717) is 11.7 Å². The minimum absolute atomic E-state index is 0.259. The minimum Gasteiger partial charge on any atom is -0.484 e. The van der Waals surface area contributed by atoms with Gasteiger partial charge in [0.2, 0.25) is 0 Å². The summed E-state index contributed by atoms with van der Waals surface area (Å²) >= 11 is 0. The molecule has 0 radical (unpaired) electrons. The van der Waals surface area contributed by atoms with Crippen molar-refractivity contribution < 1.29 is 22.6 Å². The Hall–Kier alpha value is -1.43. The van der Waals surface area contributed by atoms with Crippen LogP contribution in [0.5, 0.6) is 5.75 Å². The summed E-state index contributed by atoms with van der Waals surface area (Å²) in [5.74, 6) is 0.259. The molecule has 0 saturated carbocycles. The van der Waals surface area contributed by atoms with Crippen molar-refractivity contribution in [2.75, 3.05) is 25.1 Å². The van der Waals surface area contributed by atoms with Gasteiger partial charge in [-0.2, -0.15) is 13.2 Å². The zero-order valence-corrected chi connectivity index (χ0v) is 12.0. The van der Waals surface area contributed by atoms with E-state index < -0.39 is 12.8 Å². The third-order valence-electron chi connectivity index (χ3n) is 3.48. The monoisotopic (exact) mass is 303 g/mol. The normalized spacial score (nSPS) is 18.8. The second kappa shape index (κ2) is 7.02. The second-order valence-electron chi connectivity index (χ2n) is 5.18. The van der Waals surface area contributed by atoms with Crippen LogP contribution in [0.1, 0.15) is 24.8 Å². The smallest absolute Gasteiger partial charge is 0.422 e. The molecule has 21 heavy (non-hydrogen) atoms. The molecule has 0 bridgehead atoms. The summed E-state index contributed by atoms with van der Waals surface area (Å²) in [7, 11) is 0. The molecule has 6 heteroatoms. The van der Waals surface area contributed by atoms with Crippen LogP contribution in [0.2, 0.25) is 0 Å². The third kappa shape index (κ3) is 5.12. The van der Waals surface area contributed by atoms with Crippen molar-refractivity contribution in [3.63, 3.8) is 0 Å². The number of halogens is 3. The zero-order valence-electron chi connectivity index (χ0n) is 12.0. The molecule has 1 aromatic rings. The molecule has 0 aromatic heterocycles. The first-order valence-corrected chi connectivity index (χ1v) is 7.10. The van der Waals surface area contributed by atoms with E-state index in [-0.39, 0.29) is 5.75 Å². The van der Waals surface area contributed by atoms with Crippen LogP contribution in [0.25, 0.3) is 0 Å². The quantitative estimate of drug-likeness (QED) is 0.864. The zero-order chi connectivity index (χ0) is 15.3. The van der Waals surface area contributed by atoms with E-state index in [4.69, 9.17) is 9.47 Å². The number of benzene rings is 1. The average molecular weight is 303 g/mol. The molecular formula is C15H20F3NO2. The number of ether oxygens (including phenoxy) is 2. The summed E-state index contributed by atoms with van der Waals surface area (Å²) < 4.78 is 46.9. The molecule has 1 heterocycles. The van der Waals surface area contributed by atoms with Crippen molar-refractivity contribution in [3.05, 3.63) is 23.8 Å². The van der Waals surface area contributed by atoms with Gasteiger partial charge in [-0.25, -0.2) is 0 Å². The molecule has 1 aliphatic heterocycles. The molecule has 1 unspecified atom stereocenters. The lowest BCUT2D eigenvalue weighted by Crippen LogP contribution is -2.19. The van der Waals surface area contributed by atoms with E-state index in [1.165, 1.54) is 0 Å². The van der Waals surface area contributed by atoms with E-state index in [2.05, 4.69) is 5.32 Å². The van der Waals surface area contributed by atoms with Crippen LogP contribution in [-0.4, -0.2) is 32.0 Å². The second-order valence-corrected chi connectivity index (χ2v) is 5.18. The van der Waals surface area contributed by atoms with Crippen molar-refractivity contribution in [1.82, 2.24) is 0 Å². The Morgan fingerprint density at radius 3 is 2.86 bits per heavy atom. The molecule has 0 amide bonds. The predicted molar refractivity (Wildman–Crippen MR) is 74.8 cm³/mol. The summed E-state index contributed by atoms with van der Waals surface area (Å²) in [5.41, 5.74) is 1.49. The maximum absolute atomic E-state index is 12.2. The predicted octanol–water partition coefficient (Wildman–Crippen LogP) is 3.92. The maximum atomic E-state index is 12.2. The highest BCUT2D eigenvalue weighted by Crippen LogP contribution is 2.27. The lowest BCUT2D eigenvalue weighted by molar-refractivity contribution is -0.153. The summed E-state index contributed by atoms with van der Waals surface area (Å²) in [4.78, 5) is 0. The van der Waals surface area contributed by atoms with E-state index >= 15 is 0 Å². The van der Waals surface area contributed by atoms with Crippen molar-refractivity contribution in [3.8, 4) is 5.75 Å². The van der Waals surface area contributed by atoms with Gasteiger partial charge in [-0.3, -0.25) is 0 Å². The van der Waals surface area contributed by atoms with Crippen LogP contribution in [0, 0.1) is 6.92 Å². The van der Waals surface area contributed by atoms with E-state index in [1.54, 1.807) is 19.1 Å². The molecule has 0 aliphatic carbocycles. The Morgan fingerprint density at radius 1 is 1.38 bits per heavy atom. The van der Waals surface area contributed by atoms with Gasteiger partial charge in [0.1, 0.15) is 5.75 Å². The topological polar surface area (TPSA) is 30.5 Å². The first kappa shape index (κ1) is 15.9. The Kier molecular flexibility index (Phi) is 5.33. The van der Waals surface area contributed by atoms with Crippen molar-refractivity contribution in [2.24, 2.45) is 0 Å². The van der Waals surface area contributed by atoms with Crippen LogP contribution in [0.15, 0.2) is 18.2 Å². The van der Waals surface area contributed by atoms with Crippen molar-refractivity contribution >= 4 is 5.69 Å². The van der Waals surface area contributed by atoms with E-state index in [0.717, 1.165) is 38.1 Å². The van der Waals surface area contributed by atoms with Gasteiger partial charge in [0.05, 0.1) is 6.10 Å². The van der Waals surface area contributed by atoms with E-state index in [9.17, 15) is 13.2 Å². The Labute approximate surface area is 122 Å². The molecule has 0 spiro atoms. The summed E-state index contributed by atoms with van der Waals surface area (Å²) in [5, 5.41) is 3.24. The third-order valence-corrected chi connectivity index (χ3v) is 3.48. The van der Waals surface area contributed by atoms with Crippen LogP contribution in [0.3, 0.4) is 0 Å². The minimum atomic E-state index is -4.32. The van der Waals surface area contributed by atoms with E-state index in [1.807, 2.05) is 6.07 Å². The molecule has 1 atom stereocenters. The Bertz CT molecular complexity index is 457. The first-order valence-electron chi connectivity index (χ1n) is 7.10. The fourth-order valence-corrected chi connectivity index (χ4v) is 2.36. The SMILES string of the molecule is Cc1c(NCCC2CCCO2)cccc1OCC(F)(F)F. The summed E-state index contributed by atoms with van der Waals surface area (Å²) in [6, 6.07) is 5.07. The Balaban J connectivity index is 1.87. The highest BCUT2D eigenvalue weighted by molar-refractivity contribution is 5.56. The molecule has 2 rings (SSSR count). The molecule has 1 saturated heterocycles. The van der Waals surface area contributed by atoms with Crippen molar-refractivity contribution in [1.29, 1.82) is 0 Å². The van der Waals surface area contributed by atoms with Crippen molar-refractivity contribution in [2.45, 2.75) is 38.5 Å². The molecule has 118 valence electrons. The molecule has 3 nitrogen and oxygen atoms in total. The van der Waals surface area contributed by atoms with Gasteiger partial charge >= 0.3 is 6.18 Å². The molecule has 1 N–H and O–H groups in total. The number of hydrogen-bond acceptors (Lipinski definition) is 3. The first-order chi connectivity index (χ1) is 9.96. The average Bonchev–Trinajstić information content (AvgIpc) is 2.91. The standard InChI is InChI=1S/C15H20F3NO2/c1-11-13(19-8-7-12-4-3-9-20-12)5-2-6-14(11)21-10-15(16,17)18/h2,5-6,12,19H,3-4,7-10H2,1H3. The summed E-state index contributed by atoms with van der Waals surface area (Å²) in [6.45, 7) is 2.03. The lowest BCUT2D eigenvalue weighted by Gasteiger charge is -2.16. The van der Waals surface area contributed by atoms with Gasteiger partial charge in [0, 0.05) is 24.4 Å². The highest BCUT2D eigenvalue weighted by Gasteiger charge is 2.28. The maximum Gasteiger partial charge on any atom is 0.422 e. The van der Waals surface area contributed by atoms with Crippen LogP contribution in [0.4, 0.5) is 18.9 Å².